The molecule has 0 radical (unpaired) electrons. The van der Waals surface area contributed by atoms with Crippen LogP contribution in [0.15, 0.2) is 22.7 Å². The van der Waals surface area contributed by atoms with Crippen molar-refractivity contribution in [2.75, 3.05) is 6.54 Å². The third-order valence-electron chi connectivity index (χ3n) is 3.16. The highest BCUT2D eigenvalue weighted by molar-refractivity contribution is 9.10. The van der Waals surface area contributed by atoms with E-state index in [4.69, 9.17) is 0 Å². The van der Waals surface area contributed by atoms with Gasteiger partial charge in [0, 0.05) is 5.54 Å². The molecule has 0 heterocycles. The monoisotopic (exact) mass is 329 g/mol. The van der Waals surface area contributed by atoms with E-state index in [0.29, 0.717) is 10.4 Å². The Balaban J connectivity index is 2.70. The zero-order valence-electron chi connectivity index (χ0n) is 12.4. The van der Waals surface area contributed by atoms with Crippen molar-refractivity contribution >= 4 is 15.9 Å². The van der Waals surface area contributed by atoms with Gasteiger partial charge in [0.1, 0.15) is 5.82 Å². The first-order chi connectivity index (χ1) is 8.83. The average molecular weight is 330 g/mol. The lowest BCUT2D eigenvalue weighted by atomic mass is 9.94. The second kappa shape index (κ2) is 7.39. The third-order valence-corrected chi connectivity index (χ3v) is 4.05. The summed E-state index contributed by atoms with van der Waals surface area (Å²) in [7, 11) is 0. The fourth-order valence-electron chi connectivity index (χ4n) is 2.15. The fraction of sp³-hybridized carbons (Fsp3) is 0.625. The number of halogens is 2. The molecule has 0 amide bonds. The van der Waals surface area contributed by atoms with Crippen LogP contribution in [-0.4, -0.2) is 12.1 Å². The third kappa shape index (κ3) is 6.05. The van der Waals surface area contributed by atoms with Crippen molar-refractivity contribution in [1.29, 1.82) is 0 Å². The Hall–Kier alpha value is -0.410. The van der Waals surface area contributed by atoms with Crippen LogP contribution in [0.1, 0.15) is 46.1 Å². The van der Waals surface area contributed by atoms with E-state index >= 15 is 0 Å². The van der Waals surface area contributed by atoms with Crippen LogP contribution in [0.5, 0.6) is 0 Å². The lowest BCUT2D eigenvalue weighted by Gasteiger charge is -2.25. The van der Waals surface area contributed by atoms with Crippen molar-refractivity contribution in [1.82, 2.24) is 5.32 Å². The van der Waals surface area contributed by atoms with Crippen LogP contribution in [0.2, 0.25) is 0 Å². The van der Waals surface area contributed by atoms with E-state index in [0.717, 1.165) is 31.4 Å². The van der Waals surface area contributed by atoms with Gasteiger partial charge in [-0.05, 0) is 73.6 Å². The fourth-order valence-corrected chi connectivity index (χ4v) is 2.58. The molecule has 1 aromatic rings. The van der Waals surface area contributed by atoms with Gasteiger partial charge < -0.3 is 5.32 Å². The van der Waals surface area contributed by atoms with Gasteiger partial charge in [-0.2, -0.15) is 0 Å². The standard InChI is InChI=1S/C16H25BrFN/c1-5-7-12(11-19-16(2,3)4)10-13-8-6-9-14(18)15(13)17/h6,8-9,12,19H,5,7,10-11H2,1-4H3. The maximum atomic E-state index is 13.5. The summed E-state index contributed by atoms with van der Waals surface area (Å²) in [6.45, 7) is 9.70. The Kier molecular flexibility index (Phi) is 6.48. The van der Waals surface area contributed by atoms with E-state index in [-0.39, 0.29) is 11.4 Å². The molecule has 0 spiro atoms. The molecule has 1 atom stereocenters. The lowest BCUT2D eigenvalue weighted by molar-refractivity contribution is 0.354. The molecule has 3 heteroatoms. The molecule has 1 aromatic carbocycles. The van der Waals surface area contributed by atoms with Crippen molar-refractivity contribution in [3.63, 3.8) is 0 Å². The van der Waals surface area contributed by atoms with Gasteiger partial charge >= 0.3 is 0 Å². The quantitative estimate of drug-likeness (QED) is 0.779. The second-order valence-electron chi connectivity index (χ2n) is 6.20. The van der Waals surface area contributed by atoms with Crippen molar-refractivity contribution in [2.24, 2.45) is 5.92 Å². The molecule has 0 aliphatic rings. The van der Waals surface area contributed by atoms with E-state index in [1.54, 1.807) is 6.07 Å². The molecule has 108 valence electrons. The molecule has 0 saturated carbocycles. The predicted molar refractivity (Wildman–Crippen MR) is 84.0 cm³/mol. The minimum Gasteiger partial charge on any atom is -0.312 e. The maximum Gasteiger partial charge on any atom is 0.137 e. The summed E-state index contributed by atoms with van der Waals surface area (Å²) in [5.41, 5.74) is 1.19. The summed E-state index contributed by atoms with van der Waals surface area (Å²) in [5.74, 6) is 0.374. The highest BCUT2D eigenvalue weighted by atomic mass is 79.9. The molecule has 0 saturated heterocycles. The highest BCUT2D eigenvalue weighted by Crippen LogP contribution is 2.24. The summed E-state index contributed by atoms with van der Waals surface area (Å²) in [6.07, 6.45) is 3.23. The number of nitrogens with one attached hydrogen (secondary N) is 1. The van der Waals surface area contributed by atoms with Gasteiger partial charge in [-0.15, -0.1) is 0 Å². The van der Waals surface area contributed by atoms with Crippen molar-refractivity contribution in [3.05, 3.63) is 34.1 Å². The van der Waals surface area contributed by atoms with E-state index < -0.39 is 0 Å². The number of hydrogen-bond acceptors (Lipinski definition) is 1. The molecule has 0 aliphatic heterocycles. The van der Waals surface area contributed by atoms with Crippen LogP contribution < -0.4 is 5.32 Å². The van der Waals surface area contributed by atoms with Gasteiger partial charge in [-0.3, -0.25) is 0 Å². The number of rotatable bonds is 6. The van der Waals surface area contributed by atoms with Crippen LogP contribution in [-0.2, 0) is 6.42 Å². The molecule has 0 fully saturated rings. The van der Waals surface area contributed by atoms with Gasteiger partial charge in [-0.25, -0.2) is 4.39 Å². The summed E-state index contributed by atoms with van der Waals surface area (Å²) in [4.78, 5) is 0. The van der Waals surface area contributed by atoms with Crippen LogP contribution in [0.3, 0.4) is 0 Å². The van der Waals surface area contributed by atoms with Crippen molar-refractivity contribution < 1.29 is 4.39 Å². The lowest BCUT2D eigenvalue weighted by Crippen LogP contribution is -2.39. The van der Waals surface area contributed by atoms with Gasteiger partial charge in [0.25, 0.3) is 0 Å². The first kappa shape index (κ1) is 16.6. The number of benzene rings is 1. The smallest absolute Gasteiger partial charge is 0.137 e. The van der Waals surface area contributed by atoms with Crippen molar-refractivity contribution in [3.8, 4) is 0 Å². The Labute approximate surface area is 125 Å². The van der Waals surface area contributed by atoms with Crippen LogP contribution in [0, 0.1) is 11.7 Å². The molecular weight excluding hydrogens is 305 g/mol. The first-order valence-corrected chi connectivity index (χ1v) is 7.80. The topological polar surface area (TPSA) is 12.0 Å². The molecule has 0 bridgehead atoms. The maximum absolute atomic E-state index is 13.5. The zero-order valence-corrected chi connectivity index (χ0v) is 14.0. The molecule has 0 aliphatic carbocycles. The van der Waals surface area contributed by atoms with Crippen LogP contribution >= 0.6 is 15.9 Å². The van der Waals surface area contributed by atoms with E-state index in [1.807, 2.05) is 6.07 Å². The second-order valence-corrected chi connectivity index (χ2v) is 7.00. The van der Waals surface area contributed by atoms with Crippen molar-refractivity contribution in [2.45, 2.75) is 52.5 Å². The molecule has 19 heavy (non-hydrogen) atoms. The molecule has 1 N–H and O–H groups in total. The van der Waals surface area contributed by atoms with E-state index in [9.17, 15) is 4.39 Å². The van der Waals surface area contributed by atoms with Gasteiger partial charge in [0.05, 0.1) is 4.47 Å². The minimum absolute atomic E-state index is 0.130. The van der Waals surface area contributed by atoms with Crippen LogP contribution in [0.25, 0.3) is 0 Å². The van der Waals surface area contributed by atoms with Gasteiger partial charge in [0.2, 0.25) is 0 Å². The van der Waals surface area contributed by atoms with Crippen LogP contribution in [0.4, 0.5) is 4.39 Å². The summed E-state index contributed by atoms with van der Waals surface area (Å²) in [5, 5.41) is 3.55. The Morgan fingerprint density at radius 1 is 1.32 bits per heavy atom. The van der Waals surface area contributed by atoms with Gasteiger partial charge in [-0.1, -0.05) is 25.5 Å². The molecule has 1 unspecified atom stereocenters. The van der Waals surface area contributed by atoms with E-state index in [2.05, 4.69) is 48.9 Å². The minimum atomic E-state index is -0.170. The molecule has 1 nitrogen and oxygen atoms in total. The normalized spacial score (nSPS) is 13.6. The Morgan fingerprint density at radius 2 is 2.00 bits per heavy atom. The molecule has 0 aromatic heterocycles. The zero-order chi connectivity index (χ0) is 14.5. The summed E-state index contributed by atoms with van der Waals surface area (Å²) >= 11 is 3.35. The highest BCUT2D eigenvalue weighted by Gasteiger charge is 2.16. The van der Waals surface area contributed by atoms with E-state index in [1.165, 1.54) is 6.07 Å². The largest absolute Gasteiger partial charge is 0.312 e. The summed E-state index contributed by atoms with van der Waals surface area (Å²) < 4.78 is 14.1. The average Bonchev–Trinajstić information content (AvgIpc) is 2.31. The SMILES string of the molecule is CCCC(CNC(C)(C)C)Cc1cccc(F)c1Br. The Morgan fingerprint density at radius 3 is 2.58 bits per heavy atom. The first-order valence-electron chi connectivity index (χ1n) is 7.01. The number of hydrogen-bond donors (Lipinski definition) is 1. The predicted octanol–water partition coefficient (Wildman–Crippen LogP) is 4.94. The summed E-state index contributed by atoms with van der Waals surface area (Å²) in [6, 6.07) is 5.29. The Bertz CT molecular complexity index is 398. The molecule has 1 rings (SSSR count). The molecular formula is C16H25BrFN. The van der Waals surface area contributed by atoms with Gasteiger partial charge in [0.15, 0.2) is 0 Å².